The van der Waals surface area contributed by atoms with E-state index in [0.29, 0.717) is 6.04 Å². The maximum atomic E-state index is 4.40. The topological polar surface area (TPSA) is 53.9 Å². The Balaban J connectivity index is 1.59. The number of hydrogen-bond donors (Lipinski definition) is 1. The van der Waals surface area contributed by atoms with E-state index in [1.165, 1.54) is 0 Å². The van der Waals surface area contributed by atoms with Crippen LogP contribution in [0.4, 0.5) is 11.8 Å². The molecule has 0 atom stereocenters. The Labute approximate surface area is 112 Å². The zero-order valence-corrected chi connectivity index (χ0v) is 11.2. The van der Waals surface area contributed by atoms with Crippen molar-refractivity contribution in [3.63, 3.8) is 0 Å². The summed E-state index contributed by atoms with van der Waals surface area (Å²) in [5, 5.41) is 3.37. The minimum absolute atomic E-state index is 0.392. The lowest BCUT2D eigenvalue weighted by Crippen LogP contribution is -2.55. The van der Waals surface area contributed by atoms with Crippen molar-refractivity contribution in [2.45, 2.75) is 19.9 Å². The molecule has 5 heteroatoms. The minimum Gasteiger partial charge on any atom is -0.352 e. The van der Waals surface area contributed by atoms with E-state index in [1.54, 1.807) is 0 Å². The molecule has 0 aliphatic carbocycles. The lowest BCUT2D eigenvalue weighted by molar-refractivity contribution is 0.541. The smallest absolute Gasteiger partial charge is 0.223 e. The van der Waals surface area contributed by atoms with Gasteiger partial charge in [0.1, 0.15) is 5.82 Å². The van der Waals surface area contributed by atoms with E-state index in [4.69, 9.17) is 0 Å². The molecule has 0 spiro atoms. The zero-order chi connectivity index (χ0) is 13.2. The molecule has 3 rings (SSSR count). The fourth-order valence-corrected chi connectivity index (χ4v) is 2.27. The maximum absolute atomic E-state index is 4.40. The molecule has 0 aromatic carbocycles. The maximum Gasteiger partial charge on any atom is 0.223 e. The van der Waals surface area contributed by atoms with Crippen LogP contribution in [0, 0.1) is 13.8 Å². The fourth-order valence-electron chi connectivity index (χ4n) is 2.27. The quantitative estimate of drug-likeness (QED) is 0.906. The van der Waals surface area contributed by atoms with Crippen LogP contribution in [0.5, 0.6) is 0 Å². The molecule has 98 valence electrons. The van der Waals surface area contributed by atoms with Crippen molar-refractivity contribution in [1.29, 1.82) is 0 Å². The van der Waals surface area contributed by atoms with Gasteiger partial charge in [0, 0.05) is 30.7 Å². The van der Waals surface area contributed by atoms with Crippen molar-refractivity contribution >= 4 is 11.8 Å². The highest BCUT2D eigenvalue weighted by Gasteiger charge is 2.28. The van der Waals surface area contributed by atoms with Crippen molar-refractivity contribution < 1.29 is 0 Å². The number of rotatable bonds is 3. The molecule has 1 saturated heterocycles. The van der Waals surface area contributed by atoms with E-state index in [2.05, 4.69) is 25.2 Å². The van der Waals surface area contributed by atoms with E-state index in [0.717, 1.165) is 36.2 Å². The van der Waals surface area contributed by atoms with Gasteiger partial charge < -0.3 is 10.2 Å². The van der Waals surface area contributed by atoms with Crippen LogP contribution in [-0.4, -0.2) is 34.1 Å². The van der Waals surface area contributed by atoms with Crippen molar-refractivity contribution in [2.75, 3.05) is 23.3 Å². The van der Waals surface area contributed by atoms with Crippen LogP contribution in [0.3, 0.4) is 0 Å². The van der Waals surface area contributed by atoms with Crippen molar-refractivity contribution in [2.24, 2.45) is 0 Å². The Bertz CT molecular complexity index is 543. The number of anilines is 2. The van der Waals surface area contributed by atoms with Gasteiger partial charge in [0.25, 0.3) is 0 Å². The van der Waals surface area contributed by atoms with Crippen LogP contribution in [0.15, 0.2) is 30.5 Å². The van der Waals surface area contributed by atoms with Gasteiger partial charge in [-0.2, -0.15) is 0 Å². The third kappa shape index (κ3) is 2.65. The number of nitrogens with one attached hydrogen (secondary N) is 1. The van der Waals surface area contributed by atoms with E-state index in [-0.39, 0.29) is 0 Å². The summed E-state index contributed by atoms with van der Waals surface area (Å²) in [5.41, 5.74) is 1.99. The average Bonchev–Trinajstić information content (AvgIpc) is 2.33. The lowest BCUT2D eigenvalue weighted by atomic mass is 10.1. The number of nitrogens with zero attached hydrogens (tertiary/aromatic N) is 4. The third-order valence-electron chi connectivity index (χ3n) is 3.17. The third-order valence-corrected chi connectivity index (χ3v) is 3.17. The number of hydrogen-bond acceptors (Lipinski definition) is 5. The van der Waals surface area contributed by atoms with E-state index >= 15 is 0 Å². The largest absolute Gasteiger partial charge is 0.352 e. The van der Waals surface area contributed by atoms with E-state index in [9.17, 15) is 0 Å². The lowest BCUT2D eigenvalue weighted by Gasteiger charge is -2.40. The summed E-state index contributed by atoms with van der Waals surface area (Å²) in [7, 11) is 0. The molecule has 0 saturated carbocycles. The number of pyridine rings is 1. The van der Waals surface area contributed by atoms with Crippen LogP contribution in [0.1, 0.15) is 11.4 Å². The first kappa shape index (κ1) is 11.9. The van der Waals surface area contributed by atoms with Crippen LogP contribution in [0.25, 0.3) is 0 Å². The standard InChI is InChI=1S/C14H17N5/c1-10-7-11(2)17-14(16-10)18-12-8-19(9-12)13-5-3-4-6-15-13/h3-7,12H,8-9H2,1-2H3,(H,16,17,18). The molecule has 19 heavy (non-hydrogen) atoms. The van der Waals surface area contributed by atoms with Gasteiger partial charge in [-0.05, 0) is 32.0 Å². The molecule has 0 unspecified atom stereocenters. The average molecular weight is 255 g/mol. The second kappa shape index (κ2) is 4.84. The summed E-state index contributed by atoms with van der Waals surface area (Å²) >= 11 is 0. The first-order valence-electron chi connectivity index (χ1n) is 6.45. The number of aromatic nitrogens is 3. The van der Waals surface area contributed by atoms with Gasteiger partial charge in [0.05, 0.1) is 6.04 Å². The van der Waals surface area contributed by atoms with E-state index < -0.39 is 0 Å². The second-order valence-corrected chi connectivity index (χ2v) is 4.91. The molecule has 1 fully saturated rings. The van der Waals surface area contributed by atoms with Crippen molar-refractivity contribution in [1.82, 2.24) is 15.0 Å². The highest BCUT2D eigenvalue weighted by Crippen LogP contribution is 2.19. The van der Waals surface area contributed by atoms with Crippen LogP contribution < -0.4 is 10.2 Å². The molecule has 1 aliphatic rings. The summed E-state index contributed by atoms with van der Waals surface area (Å²) in [6, 6.07) is 8.34. The summed E-state index contributed by atoms with van der Waals surface area (Å²) in [4.78, 5) is 15.4. The van der Waals surface area contributed by atoms with Gasteiger partial charge in [-0.25, -0.2) is 15.0 Å². The van der Waals surface area contributed by atoms with Gasteiger partial charge >= 0.3 is 0 Å². The predicted molar refractivity (Wildman–Crippen MR) is 75.4 cm³/mol. The predicted octanol–water partition coefficient (Wildman–Crippen LogP) is 1.79. The zero-order valence-electron chi connectivity index (χ0n) is 11.2. The van der Waals surface area contributed by atoms with Gasteiger partial charge in [-0.3, -0.25) is 0 Å². The van der Waals surface area contributed by atoms with Crippen LogP contribution in [0.2, 0.25) is 0 Å². The molecule has 2 aromatic heterocycles. The van der Waals surface area contributed by atoms with Crippen LogP contribution in [-0.2, 0) is 0 Å². The first-order chi connectivity index (χ1) is 9.20. The Morgan fingerprint density at radius 3 is 2.53 bits per heavy atom. The molecule has 0 radical (unpaired) electrons. The Hall–Kier alpha value is -2.17. The van der Waals surface area contributed by atoms with Gasteiger partial charge in [0.2, 0.25) is 5.95 Å². The number of aryl methyl sites for hydroxylation is 2. The molecule has 0 amide bonds. The molecule has 1 aliphatic heterocycles. The molecule has 3 heterocycles. The summed E-state index contributed by atoms with van der Waals surface area (Å²) < 4.78 is 0. The Morgan fingerprint density at radius 2 is 1.89 bits per heavy atom. The Morgan fingerprint density at radius 1 is 1.16 bits per heavy atom. The Kier molecular flexibility index (Phi) is 3.03. The summed E-state index contributed by atoms with van der Waals surface area (Å²) in [5.74, 6) is 1.75. The molecular weight excluding hydrogens is 238 g/mol. The monoisotopic (exact) mass is 255 g/mol. The highest BCUT2D eigenvalue weighted by molar-refractivity contribution is 5.44. The molecule has 0 bridgehead atoms. The van der Waals surface area contributed by atoms with Gasteiger partial charge in [0.15, 0.2) is 0 Å². The second-order valence-electron chi connectivity index (χ2n) is 4.91. The van der Waals surface area contributed by atoms with Crippen molar-refractivity contribution in [3.05, 3.63) is 41.9 Å². The first-order valence-corrected chi connectivity index (χ1v) is 6.45. The van der Waals surface area contributed by atoms with Crippen LogP contribution >= 0.6 is 0 Å². The van der Waals surface area contributed by atoms with Crippen molar-refractivity contribution in [3.8, 4) is 0 Å². The summed E-state index contributed by atoms with van der Waals surface area (Å²) in [6.45, 7) is 5.85. The highest BCUT2D eigenvalue weighted by atomic mass is 15.3. The molecule has 5 nitrogen and oxygen atoms in total. The minimum atomic E-state index is 0.392. The molecular formula is C14H17N5. The van der Waals surface area contributed by atoms with Gasteiger partial charge in [-0.1, -0.05) is 6.07 Å². The SMILES string of the molecule is Cc1cc(C)nc(NC2CN(c3ccccn3)C2)n1. The molecule has 1 N–H and O–H groups in total. The van der Waals surface area contributed by atoms with E-state index in [1.807, 2.05) is 44.3 Å². The fraction of sp³-hybridized carbons (Fsp3) is 0.357. The normalized spacial score (nSPS) is 15.2. The van der Waals surface area contributed by atoms with Gasteiger partial charge in [-0.15, -0.1) is 0 Å². The summed E-state index contributed by atoms with van der Waals surface area (Å²) in [6.07, 6.45) is 1.82. The molecule has 2 aromatic rings.